The molecule has 3 N–H and O–H groups in total. The molecule has 0 saturated heterocycles. The minimum Gasteiger partial charge on any atom is -0.369 e. The average molecular weight is 432 g/mol. The zero-order chi connectivity index (χ0) is 19.7. The van der Waals surface area contributed by atoms with Crippen molar-refractivity contribution in [3.63, 3.8) is 0 Å². The monoisotopic (exact) mass is 431 g/mol. The molecule has 29 heavy (non-hydrogen) atoms. The van der Waals surface area contributed by atoms with Crippen LogP contribution in [0.3, 0.4) is 0 Å². The van der Waals surface area contributed by atoms with E-state index in [-0.39, 0.29) is 24.4 Å². The van der Waals surface area contributed by atoms with Gasteiger partial charge < -0.3 is 11.1 Å². The molecule has 0 atom stereocenters. The first kappa shape index (κ1) is 21.1. The Morgan fingerprint density at radius 3 is 2.72 bits per heavy atom. The highest BCUT2D eigenvalue weighted by Gasteiger charge is 2.19. The Balaban J connectivity index is 0.00000240. The smallest absolute Gasteiger partial charge is 0.221 e. The maximum absolute atomic E-state index is 14.3. The van der Waals surface area contributed by atoms with E-state index < -0.39 is 11.7 Å². The Bertz CT molecular complexity index is 1070. The van der Waals surface area contributed by atoms with Gasteiger partial charge in [-0.1, -0.05) is 29.8 Å². The average Bonchev–Trinajstić information content (AvgIpc) is 3.12. The second-order valence-electron chi connectivity index (χ2n) is 6.92. The number of amides is 1. The van der Waals surface area contributed by atoms with Gasteiger partial charge in [-0.05, 0) is 60.7 Å². The van der Waals surface area contributed by atoms with Crippen LogP contribution >= 0.6 is 24.0 Å². The van der Waals surface area contributed by atoms with Crippen LogP contribution < -0.4 is 11.1 Å². The summed E-state index contributed by atoms with van der Waals surface area (Å²) < 4.78 is 14.3. The molecule has 0 saturated carbocycles. The highest BCUT2D eigenvalue weighted by Crippen LogP contribution is 2.34. The van der Waals surface area contributed by atoms with E-state index in [0.29, 0.717) is 10.7 Å². The van der Waals surface area contributed by atoms with Gasteiger partial charge in [0.15, 0.2) is 0 Å². The van der Waals surface area contributed by atoms with Crippen molar-refractivity contribution >= 4 is 41.3 Å². The normalized spacial score (nSPS) is 12.2. The number of nitrogens with two attached hydrogens (primary N) is 1. The van der Waals surface area contributed by atoms with Crippen LogP contribution in [0.1, 0.15) is 23.2 Å². The first-order chi connectivity index (χ1) is 13.5. The Morgan fingerprint density at radius 2 is 2.00 bits per heavy atom. The van der Waals surface area contributed by atoms with E-state index in [1.807, 2.05) is 30.3 Å². The number of aryl methyl sites for hydroxylation is 1. The molecular formula is C22H20Cl2FN3O. The standard InChI is InChI=1S/C22H19ClFN3O.ClH/c23-15-4-1-3-14(9-15)20-12-21(17-5-2-6-19(17)27-20)26-16-8-7-13(10-22(25)28)18(24)11-16;/h1,3-4,7-9,11-12H,2,5-6,10H2,(H2,25,28)(H,26,27);1H. The van der Waals surface area contributed by atoms with E-state index in [2.05, 4.69) is 5.32 Å². The molecule has 1 aromatic heterocycles. The molecule has 3 aromatic rings. The summed E-state index contributed by atoms with van der Waals surface area (Å²) in [6.45, 7) is 0. The lowest BCUT2D eigenvalue weighted by Crippen LogP contribution is -2.14. The Kier molecular flexibility index (Phi) is 6.40. The maximum Gasteiger partial charge on any atom is 0.221 e. The van der Waals surface area contributed by atoms with E-state index in [4.69, 9.17) is 22.3 Å². The van der Waals surface area contributed by atoms with Crippen LogP contribution in [-0.2, 0) is 24.1 Å². The molecule has 4 nitrogen and oxygen atoms in total. The van der Waals surface area contributed by atoms with Crippen molar-refractivity contribution in [3.8, 4) is 11.3 Å². The molecule has 0 radical (unpaired) electrons. The molecular weight excluding hydrogens is 412 g/mol. The SMILES string of the molecule is Cl.NC(=O)Cc1ccc(Nc2cc(-c3cccc(Cl)c3)nc3c2CCC3)cc1F. The number of aromatic nitrogens is 1. The largest absolute Gasteiger partial charge is 0.369 e. The summed E-state index contributed by atoms with van der Waals surface area (Å²) in [6, 6.07) is 14.3. The van der Waals surface area contributed by atoms with Crippen LogP contribution in [0.4, 0.5) is 15.8 Å². The first-order valence-corrected chi connectivity index (χ1v) is 9.50. The summed E-state index contributed by atoms with van der Waals surface area (Å²) in [4.78, 5) is 15.9. The Hall–Kier alpha value is -2.63. The van der Waals surface area contributed by atoms with Crippen LogP contribution in [0, 0.1) is 5.82 Å². The van der Waals surface area contributed by atoms with E-state index in [0.717, 1.165) is 47.5 Å². The van der Waals surface area contributed by atoms with E-state index in [1.54, 1.807) is 12.1 Å². The fourth-order valence-electron chi connectivity index (χ4n) is 3.56. The van der Waals surface area contributed by atoms with Gasteiger partial charge in [0.1, 0.15) is 5.82 Å². The molecule has 1 heterocycles. The molecule has 1 aliphatic carbocycles. The molecule has 1 aliphatic rings. The number of primary amides is 1. The van der Waals surface area contributed by atoms with Crippen LogP contribution in [0.15, 0.2) is 48.5 Å². The number of rotatable bonds is 5. The summed E-state index contributed by atoms with van der Waals surface area (Å²) in [5.41, 5.74) is 11.0. The summed E-state index contributed by atoms with van der Waals surface area (Å²) in [5.74, 6) is -1.01. The Labute approximate surface area is 179 Å². The highest BCUT2D eigenvalue weighted by molar-refractivity contribution is 6.30. The van der Waals surface area contributed by atoms with E-state index >= 15 is 0 Å². The van der Waals surface area contributed by atoms with E-state index in [1.165, 1.54) is 6.07 Å². The van der Waals surface area contributed by atoms with Crippen LogP contribution in [-0.4, -0.2) is 10.9 Å². The number of anilines is 2. The molecule has 2 aromatic carbocycles. The van der Waals surface area contributed by atoms with Gasteiger partial charge in [-0.2, -0.15) is 0 Å². The van der Waals surface area contributed by atoms with Gasteiger partial charge in [0.2, 0.25) is 5.91 Å². The number of carbonyl (C=O) groups excluding carboxylic acids is 1. The van der Waals surface area contributed by atoms with Gasteiger partial charge in [-0.3, -0.25) is 9.78 Å². The van der Waals surface area contributed by atoms with Crippen LogP contribution in [0.5, 0.6) is 0 Å². The minimum atomic E-state index is -0.558. The molecule has 0 aliphatic heterocycles. The van der Waals surface area contributed by atoms with Gasteiger partial charge in [-0.25, -0.2) is 4.39 Å². The zero-order valence-electron chi connectivity index (χ0n) is 15.5. The summed E-state index contributed by atoms with van der Waals surface area (Å²) in [5, 5.41) is 3.98. The molecule has 7 heteroatoms. The highest BCUT2D eigenvalue weighted by atomic mass is 35.5. The second kappa shape index (κ2) is 8.80. The van der Waals surface area contributed by atoms with Crippen molar-refractivity contribution in [2.45, 2.75) is 25.7 Å². The predicted molar refractivity (Wildman–Crippen MR) is 117 cm³/mol. The summed E-state index contributed by atoms with van der Waals surface area (Å²) in [7, 11) is 0. The van der Waals surface area contributed by atoms with Crippen molar-refractivity contribution < 1.29 is 9.18 Å². The van der Waals surface area contributed by atoms with E-state index in [9.17, 15) is 9.18 Å². The zero-order valence-corrected chi connectivity index (χ0v) is 17.1. The third-order valence-corrected chi connectivity index (χ3v) is 5.10. The predicted octanol–water partition coefficient (Wildman–Crippen LogP) is 5.22. The number of pyridine rings is 1. The first-order valence-electron chi connectivity index (χ1n) is 9.12. The summed E-state index contributed by atoms with van der Waals surface area (Å²) >= 11 is 6.13. The van der Waals surface area contributed by atoms with Gasteiger partial charge in [0, 0.05) is 27.7 Å². The lowest BCUT2D eigenvalue weighted by Gasteiger charge is -2.14. The number of hydrogen-bond donors (Lipinski definition) is 2. The van der Waals surface area contributed by atoms with Crippen molar-refractivity contribution in [2.75, 3.05) is 5.32 Å². The number of benzene rings is 2. The molecule has 0 spiro atoms. The molecule has 1 amide bonds. The lowest BCUT2D eigenvalue weighted by atomic mass is 10.1. The van der Waals surface area contributed by atoms with Gasteiger partial charge in [-0.15, -0.1) is 12.4 Å². The quantitative estimate of drug-likeness (QED) is 0.581. The van der Waals surface area contributed by atoms with Gasteiger partial charge >= 0.3 is 0 Å². The van der Waals surface area contributed by atoms with Crippen molar-refractivity contribution in [1.29, 1.82) is 0 Å². The summed E-state index contributed by atoms with van der Waals surface area (Å²) in [6.07, 6.45) is 2.78. The molecule has 4 rings (SSSR count). The number of fused-ring (bicyclic) bond motifs is 1. The fourth-order valence-corrected chi connectivity index (χ4v) is 3.75. The number of nitrogens with zero attached hydrogens (tertiary/aromatic N) is 1. The molecule has 150 valence electrons. The number of hydrogen-bond acceptors (Lipinski definition) is 3. The fraction of sp³-hybridized carbons (Fsp3) is 0.182. The maximum atomic E-state index is 14.3. The van der Waals surface area contributed by atoms with Crippen molar-refractivity contribution in [3.05, 3.63) is 76.2 Å². The van der Waals surface area contributed by atoms with Crippen molar-refractivity contribution in [2.24, 2.45) is 5.73 Å². The van der Waals surface area contributed by atoms with Gasteiger partial charge in [0.05, 0.1) is 12.1 Å². The lowest BCUT2D eigenvalue weighted by molar-refractivity contribution is -0.117. The number of nitrogens with one attached hydrogen (secondary N) is 1. The molecule has 0 fully saturated rings. The third kappa shape index (κ3) is 4.69. The van der Waals surface area contributed by atoms with Crippen molar-refractivity contribution in [1.82, 2.24) is 4.98 Å². The topological polar surface area (TPSA) is 68.0 Å². The van der Waals surface area contributed by atoms with Crippen LogP contribution in [0.2, 0.25) is 5.02 Å². The molecule has 0 bridgehead atoms. The number of halogens is 3. The third-order valence-electron chi connectivity index (χ3n) is 4.87. The Morgan fingerprint density at radius 1 is 1.17 bits per heavy atom. The van der Waals surface area contributed by atoms with Gasteiger partial charge in [0.25, 0.3) is 0 Å². The van der Waals surface area contributed by atoms with Crippen LogP contribution in [0.25, 0.3) is 11.3 Å². The number of carbonyl (C=O) groups is 1. The molecule has 0 unspecified atom stereocenters. The second-order valence-corrected chi connectivity index (χ2v) is 7.35. The minimum absolute atomic E-state index is 0.